The standard InChI is InChI=1S/C34H32N2O7/c1-3-4-17-42-34(41)20-13-15-21(16-14-20)35-26(37)18-43-33(40)19(2)36-31(38)29-27-22-9-5-6-10-23(22)28(30(29)32(36)39)25-12-8-7-11-24(25)27/h5-16,19,27-30H,3-4,17-18H2,1-2H3,(H,35,37)/t19-,27?,28?,29+,30+/m0/s1. The van der Waals surface area contributed by atoms with Crippen molar-refractivity contribution in [1.82, 2.24) is 4.90 Å². The Hall–Kier alpha value is -4.79. The molecule has 9 nitrogen and oxygen atoms in total. The van der Waals surface area contributed by atoms with Crippen molar-refractivity contribution in [2.24, 2.45) is 11.8 Å². The van der Waals surface area contributed by atoms with Gasteiger partial charge < -0.3 is 14.8 Å². The molecule has 1 saturated heterocycles. The highest BCUT2D eigenvalue weighted by Crippen LogP contribution is 2.61. The summed E-state index contributed by atoms with van der Waals surface area (Å²) in [5, 5.41) is 2.61. The highest BCUT2D eigenvalue weighted by Gasteiger charge is 2.62. The normalized spacial score (nSPS) is 21.9. The van der Waals surface area contributed by atoms with Gasteiger partial charge in [0.05, 0.1) is 24.0 Å². The molecule has 1 aliphatic heterocycles. The van der Waals surface area contributed by atoms with Crippen LogP contribution in [0.3, 0.4) is 0 Å². The minimum Gasteiger partial charge on any atom is -0.462 e. The molecule has 4 aliphatic rings. The summed E-state index contributed by atoms with van der Waals surface area (Å²) in [4.78, 5) is 66.3. The largest absolute Gasteiger partial charge is 0.462 e. The first-order valence-corrected chi connectivity index (χ1v) is 14.6. The third-order valence-corrected chi connectivity index (χ3v) is 8.69. The lowest BCUT2D eigenvalue weighted by molar-refractivity contribution is -0.159. The van der Waals surface area contributed by atoms with Crippen molar-refractivity contribution in [3.8, 4) is 0 Å². The zero-order valence-corrected chi connectivity index (χ0v) is 23.9. The van der Waals surface area contributed by atoms with E-state index in [9.17, 15) is 24.0 Å². The van der Waals surface area contributed by atoms with Crippen LogP contribution in [0.25, 0.3) is 0 Å². The number of esters is 2. The number of nitrogens with zero attached hydrogens (tertiary/aromatic N) is 1. The predicted molar refractivity (Wildman–Crippen MR) is 156 cm³/mol. The third kappa shape index (κ3) is 4.88. The molecule has 3 aromatic carbocycles. The maximum Gasteiger partial charge on any atom is 0.338 e. The number of hydrogen-bond acceptors (Lipinski definition) is 7. The van der Waals surface area contributed by atoms with Crippen LogP contribution >= 0.6 is 0 Å². The van der Waals surface area contributed by atoms with Crippen LogP contribution in [0.1, 0.15) is 71.1 Å². The molecule has 0 unspecified atom stereocenters. The second-order valence-electron chi connectivity index (χ2n) is 11.2. The summed E-state index contributed by atoms with van der Waals surface area (Å²) in [6.07, 6.45) is 1.69. The van der Waals surface area contributed by atoms with E-state index < -0.39 is 54.1 Å². The molecule has 1 fully saturated rings. The van der Waals surface area contributed by atoms with E-state index in [1.165, 1.54) is 19.1 Å². The van der Waals surface area contributed by atoms with Crippen LogP contribution in [-0.4, -0.2) is 53.8 Å². The van der Waals surface area contributed by atoms with Gasteiger partial charge in [-0.25, -0.2) is 9.59 Å². The van der Waals surface area contributed by atoms with Crippen LogP contribution in [0.5, 0.6) is 0 Å². The molecule has 0 spiro atoms. The number of benzene rings is 3. The molecule has 43 heavy (non-hydrogen) atoms. The van der Waals surface area contributed by atoms with E-state index in [0.29, 0.717) is 17.9 Å². The first-order chi connectivity index (χ1) is 20.8. The molecular weight excluding hydrogens is 548 g/mol. The lowest BCUT2D eigenvalue weighted by Gasteiger charge is -2.45. The van der Waals surface area contributed by atoms with Gasteiger partial charge in [-0.2, -0.15) is 0 Å². The molecule has 7 rings (SSSR count). The van der Waals surface area contributed by atoms with Crippen molar-refractivity contribution < 1.29 is 33.4 Å². The van der Waals surface area contributed by atoms with E-state index in [0.717, 1.165) is 40.0 Å². The van der Waals surface area contributed by atoms with Crippen molar-refractivity contribution in [2.75, 3.05) is 18.5 Å². The van der Waals surface area contributed by atoms with Crippen molar-refractivity contribution in [3.63, 3.8) is 0 Å². The Kier molecular flexibility index (Phi) is 7.56. The molecule has 3 aromatic rings. The molecule has 2 bridgehead atoms. The summed E-state index contributed by atoms with van der Waals surface area (Å²) in [6, 6.07) is 20.8. The van der Waals surface area contributed by atoms with Gasteiger partial charge in [-0.1, -0.05) is 61.9 Å². The second kappa shape index (κ2) is 11.5. The summed E-state index contributed by atoms with van der Waals surface area (Å²) < 4.78 is 10.4. The smallest absolute Gasteiger partial charge is 0.338 e. The van der Waals surface area contributed by atoms with E-state index in [1.807, 2.05) is 55.5 Å². The number of likely N-dealkylation sites (tertiary alicyclic amines) is 1. The van der Waals surface area contributed by atoms with Crippen molar-refractivity contribution in [1.29, 1.82) is 0 Å². The monoisotopic (exact) mass is 580 g/mol. The van der Waals surface area contributed by atoms with Crippen LogP contribution in [0.4, 0.5) is 5.69 Å². The minimum atomic E-state index is -1.19. The van der Waals surface area contributed by atoms with E-state index in [2.05, 4.69) is 5.32 Å². The number of nitrogens with one attached hydrogen (secondary N) is 1. The topological polar surface area (TPSA) is 119 Å². The first-order valence-electron chi connectivity index (χ1n) is 14.6. The molecule has 3 aliphatic carbocycles. The first kappa shape index (κ1) is 28.3. The fraction of sp³-hybridized carbons (Fsp3) is 0.324. The number of hydrogen-bond donors (Lipinski definition) is 1. The summed E-state index contributed by atoms with van der Waals surface area (Å²) in [5.74, 6) is -4.43. The van der Waals surface area contributed by atoms with Gasteiger partial charge in [-0.3, -0.25) is 19.3 Å². The maximum atomic E-state index is 13.8. The Bertz CT molecular complexity index is 1500. The summed E-state index contributed by atoms with van der Waals surface area (Å²) in [5.41, 5.74) is 4.94. The number of rotatable bonds is 9. The summed E-state index contributed by atoms with van der Waals surface area (Å²) in [6.45, 7) is 3.20. The number of imide groups is 1. The fourth-order valence-corrected chi connectivity index (χ4v) is 6.72. The highest BCUT2D eigenvalue weighted by molar-refractivity contribution is 6.10. The predicted octanol–water partition coefficient (Wildman–Crippen LogP) is 4.41. The molecule has 3 amide bonds. The van der Waals surface area contributed by atoms with Crippen molar-refractivity contribution in [2.45, 2.75) is 44.6 Å². The van der Waals surface area contributed by atoms with Crippen LogP contribution in [0.15, 0.2) is 72.8 Å². The molecule has 1 N–H and O–H groups in total. The Morgan fingerprint density at radius 2 is 1.30 bits per heavy atom. The SMILES string of the molecule is CCCCOC(=O)c1ccc(NC(=O)COC(=O)[C@H](C)N2C(=O)[C@@H]3C4c5ccccc5C(c5ccccc54)[C@H]3C2=O)cc1. The van der Waals surface area contributed by atoms with Gasteiger partial charge in [-0.05, 0) is 59.9 Å². The molecule has 0 aromatic heterocycles. The van der Waals surface area contributed by atoms with Gasteiger partial charge in [0, 0.05) is 17.5 Å². The van der Waals surface area contributed by atoms with E-state index in [4.69, 9.17) is 9.47 Å². The van der Waals surface area contributed by atoms with Gasteiger partial charge in [-0.15, -0.1) is 0 Å². The number of ether oxygens (including phenoxy) is 2. The van der Waals surface area contributed by atoms with E-state index in [-0.39, 0.29) is 11.8 Å². The van der Waals surface area contributed by atoms with Gasteiger partial charge in [0.25, 0.3) is 5.91 Å². The molecule has 9 heteroatoms. The van der Waals surface area contributed by atoms with Gasteiger partial charge >= 0.3 is 11.9 Å². The minimum absolute atomic E-state index is 0.276. The number of carbonyl (C=O) groups excluding carboxylic acids is 5. The zero-order chi connectivity index (χ0) is 30.2. The quantitative estimate of drug-likeness (QED) is 0.226. The average molecular weight is 581 g/mol. The number of anilines is 1. The Morgan fingerprint density at radius 3 is 1.79 bits per heavy atom. The van der Waals surface area contributed by atoms with Crippen LogP contribution < -0.4 is 5.32 Å². The van der Waals surface area contributed by atoms with Crippen molar-refractivity contribution >= 4 is 35.3 Å². The lowest BCUT2D eigenvalue weighted by atomic mass is 9.55. The molecular formula is C34H32N2O7. The van der Waals surface area contributed by atoms with Gasteiger partial charge in [0.15, 0.2) is 6.61 Å². The highest BCUT2D eigenvalue weighted by atomic mass is 16.5. The summed E-state index contributed by atoms with van der Waals surface area (Å²) in [7, 11) is 0. The molecule has 220 valence electrons. The molecule has 0 saturated carbocycles. The Balaban J connectivity index is 1.10. The van der Waals surface area contributed by atoms with Crippen LogP contribution in [0, 0.1) is 11.8 Å². The third-order valence-electron chi connectivity index (χ3n) is 8.69. The van der Waals surface area contributed by atoms with E-state index in [1.54, 1.807) is 12.1 Å². The van der Waals surface area contributed by atoms with E-state index >= 15 is 0 Å². The fourth-order valence-electron chi connectivity index (χ4n) is 6.72. The van der Waals surface area contributed by atoms with Crippen molar-refractivity contribution in [3.05, 3.63) is 101 Å². The average Bonchev–Trinajstić information content (AvgIpc) is 3.29. The van der Waals surface area contributed by atoms with Crippen LogP contribution in [0.2, 0.25) is 0 Å². The maximum absolute atomic E-state index is 13.8. The molecule has 1 heterocycles. The van der Waals surface area contributed by atoms with Gasteiger partial charge in [0.1, 0.15) is 6.04 Å². The van der Waals surface area contributed by atoms with Gasteiger partial charge in [0.2, 0.25) is 11.8 Å². The lowest BCUT2D eigenvalue weighted by Crippen LogP contribution is -2.45. The number of carbonyl (C=O) groups is 5. The summed E-state index contributed by atoms with van der Waals surface area (Å²) >= 11 is 0. The number of amides is 3. The Labute approximate surface area is 249 Å². The molecule has 0 radical (unpaired) electrons. The zero-order valence-electron chi connectivity index (χ0n) is 23.9. The van der Waals surface area contributed by atoms with Crippen LogP contribution in [-0.2, 0) is 28.7 Å². The molecule has 3 atom stereocenters. The number of unbranched alkanes of at least 4 members (excludes halogenated alkanes) is 1. The Morgan fingerprint density at radius 1 is 0.791 bits per heavy atom. The second-order valence-corrected chi connectivity index (χ2v) is 11.2.